The average molecular weight is 238 g/mol. The van der Waals surface area contributed by atoms with Crippen LogP contribution in [-0.4, -0.2) is 37.4 Å². The van der Waals surface area contributed by atoms with Crippen LogP contribution in [0.2, 0.25) is 0 Å². The lowest BCUT2D eigenvalue weighted by molar-refractivity contribution is 0.0838. The largest absolute Gasteiger partial charge is 0.398 e. The smallest absolute Gasteiger partial charge is 0.251 e. The van der Waals surface area contributed by atoms with Gasteiger partial charge in [-0.3, -0.25) is 4.79 Å². The van der Waals surface area contributed by atoms with Gasteiger partial charge >= 0.3 is 0 Å². The van der Waals surface area contributed by atoms with Crippen LogP contribution in [0.3, 0.4) is 0 Å². The zero-order chi connectivity index (χ0) is 12.7. The summed E-state index contributed by atoms with van der Waals surface area (Å²) in [4.78, 5) is 11.8. The molecule has 0 aliphatic heterocycles. The van der Waals surface area contributed by atoms with E-state index in [0.29, 0.717) is 24.4 Å². The van der Waals surface area contributed by atoms with E-state index in [2.05, 4.69) is 5.32 Å². The Morgan fingerprint density at radius 3 is 2.94 bits per heavy atom. The number of carbonyl (C=O) groups excluding carboxylic acids is 1. The van der Waals surface area contributed by atoms with Gasteiger partial charge in [0.05, 0.1) is 19.8 Å². The van der Waals surface area contributed by atoms with Crippen molar-refractivity contribution in [3.8, 4) is 0 Å². The molecule has 0 unspecified atom stereocenters. The number of nitrogens with two attached hydrogens (primary N) is 1. The Morgan fingerprint density at radius 2 is 2.24 bits per heavy atom. The third-order valence-corrected chi connectivity index (χ3v) is 2.39. The molecule has 1 aromatic rings. The van der Waals surface area contributed by atoms with Gasteiger partial charge in [0.1, 0.15) is 0 Å². The van der Waals surface area contributed by atoms with E-state index < -0.39 is 0 Å². The minimum atomic E-state index is -0.164. The third kappa shape index (κ3) is 4.05. The zero-order valence-corrected chi connectivity index (χ0v) is 9.90. The number of hydrogen-bond acceptors (Lipinski definition) is 4. The molecule has 17 heavy (non-hydrogen) atoms. The van der Waals surface area contributed by atoms with E-state index in [1.807, 2.05) is 6.92 Å². The van der Waals surface area contributed by atoms with E-state index in [9.17, 15) is 4.79 Å². The first kappa shape index (κ1) is 13.5. The second-order valence-electron chi connectivity index (χ2n) is 3.61. The van der Waals surface area contributed by atoms with Gasteiger partial charge in [-0.2, -0.15) is 0 Å². The number of carbonyl (C=O) groups is 1. The van der Waals surface area contributed by atoms with Gasteiger partial charge in [-0.15, -0.1) is 0 Å². The summed E-state index contributed by atoms with van der Waals surface area (Å²) in [6, 6.07) is 5.24. The van der Waals surface area contributed by atoms with Gasteiger partial charge in [0.15, 0.2) is 0 Å². The van der Waals surface area contributed by atoms with Gasteiger partial charge in [-0.05, 0) is 24.6 Å². The fourth-order valence-corrected chi connectivity index (χ4v) is 1.40. The van der Waals surface area contributed by atoms with Gasteiger partial charge in [-0.25, -0.2) is 0 Å². The highest BCUT2D eigenvalue weighted by molar-refractivity contribution is 5.96. The van der Waals surface area contributed by atoms with Crippen molar-refractivity contribution in [2.75, 3.05) is 32.1 Å². The minimum absolute atomic E-state index is 0.0116. The summed E-state index contributed by atoms with van der Waals surface area (Å²) in [5.41, 5.74) is 7.68. The maximum Gasteiger partial charge on any atom is 0.251 e. The van der Waals surface area contributed by atoms with E-state index in [1.165, 1.54) is 0 Å². The first-order valence-electron chi connectivity index (χ1n) is 5.48. The maximum atomic E-state index is 11.8. The number of rotatable bonds is 6. The summed E-state index contributed by atoms with van der Waals surface area (Å²) < 4.78 is 5.03. The number of nitrogens with one attached hydrogen (secondary N) is 1. The number of ether oxygens (including phenoxy) is 1. The van der Waals surface area contributed by atoms with Crippen LogP contribution in [0, 0.1) is 6.92 Å². The molecule has 0 heterocycles. The summed E-state index contributed by atoms with van der Waals surface area (Å²) in [6.07, 6.45) is 0. The second-order valence-corrected chi connectivity index (χ2v) is 3.61. The molecule has 5 nitrogen and oxygen atoms in total. The molecule has 5 heteroatoms. The van der Waals surface area contributed by atoms with E-state index in [-0.39, 0.29) is 19.1 Å². The summed E-state index contributed by atoms with van der Waals surface area (Å²) in [6.45, 7) is 2.88. The predicted octanol–water partition coefficient (Wildman–Crippen LogP) is 0.316. The summed E-state index contributed by atoms with van der Waals surface area (Å²) in [5.74, 6) is -0.164. The zero-order valence-electron chi connectivity index (χ0n) is 9.90. The lowest BCUT2D eigenvalue weighted by atomic mass is 10.1. The van der Waals surface area contributed by atoms with Gasteiger partial charge < -0.3 is 20.9 Å². The Balaban J connectivity index is 2.44. The lowest BCUT2D eigenvalue weighted by Gasteiger charge is -2.09. The molecule has 0 fully saturated rings. The van der Waals surface area contributed by atoms with E-state index in [1.54, 1.807) is 18.2 Å². The highest BCUT2D eigenvalue weighted by atomic mass is 16.5. The molecular formula is C12H18N2O3. The van der Waals surface area contributed by atoms with E-state index in [4.69, 9.17) is 15.6 Å². The van der Waals surface area contributed by atoms with Crippen molar-refractivity contribution in [2.45, 2.75) is 6.92 Å². The lowest BCUT2D eigenvalue weighted by Crippen LogP contribution is -2.28. The number of anilines is 1. The van der Waals surface area contributed by atoms with Crippen LogP contribution in [0.1, 0.15) is 15.9 Å². The van der Waals surface area contributed by atoms with Crippen molar-refractivity contribution in [1.29, 1.82) is 0 Å². The van der Waals surface area contributed by atoms with E-state index >= 15 is 0 Å². The molecule has 4 N–H and O–H groups in total. The molecule has 0 bridgehead atoms. The van der Waals surface area contributed by atoms with Gasteiger partial charge in [0.2, 0.25) is 0 Å². The van der Waals surface area contributed by atoms with E-state index in [0.717, 1.165) is 5.56 Å². The monoisotopic (exact) mass is 238 g/mol. The molecule has 0 spiro atoms. The van der Waals surface area contributed by atoms with Crippen LogP contribution < -0.4 is 11.1 Å². The van der Waals surface area contributed by atoms with Gasteiger partial charge in [-0.1, -0.05) is 6.07 Å². The molecule has 0 aliphatic rings. The number of amides is 1. The predicted molar refractivity (Wildman–Crippen MR) is 65.8 cm³/mol. The Labute approximate surface area is 101 Å². The molecule has 0 radical (unpaired) electrons. The molecule has 1 rings (SSSR count). The summed E-state index contributed by atoms with van der Waals surface area (Å²) >= 11 is 0. The van der Waals surface area contributed by atoms with Crippen LogP contribution >= 0.6 is 0 Å². The molecule has 0 saturated carbocycles. The Bertz CT molecular complexity index is 380. The van der Waals surface area contributed by atoms with Crippen LogP contribution in [0.25, 0.3) is 0 Å². The fraction of sp³-hybridized carbons (Fsp3) is 0.417. The van der Waals surface area contributed by atoms with Gasteiger partial charge in [0, 0.05) is 17.8 Å². The Hall–Kier alpha value is -1.59. The Morgan fingerprint density at radius 1 is 1.47 bits per heavy atom. The molecule has 0 atom stereocenters. The number of hydrogen-bond donors (Lipinski definition) is 3. The number of aliphatic hydroxyl groups is 1. The van der Waals surface area contributed by atoms with Crippen LogP contribution in [0.15, 0.2) is 18.2 Å². The number of nitrogen functional groups attached to an aromatic ring is 1. The molecule has 1 amide bonds. The molecule has 94 valence electrons. The normalized spacial score (nSPS) is 10.2. The van der Waals surface area contributed by atoms with Crippen LogP contribution in [0.5, 0.6) is 0 Å². The summed E-state index contributed by atoms with van der Waals surface area (Å²) in [5, 5.41) is 11.2. The minimum Gasteiger partial charge on any atom is -0.398 e. The number of aliphatic hydroxyl groups excluding tert-OH is 1. The molecule has 0 saturated heterocycles. The van der Waals surface area contributed by atoms with Crippen molar-refractivity contribution in [2.24, 2.45) is 0 Å². The first-order valence-corrected chi connectivity index (χ1v) is 5.48. The van der Waals surface area contributed by atoms with Crippen LogP contribution in [0.4, 0.5) is 5.69 Å². The van der Waals surface area contributed by atoms with Crippen molar-refractivity contribution >= 4 is 11.6 Å². The Kier molecular flexibility index (Phi) is 5.45. The van der Waals surface area contributed by atoms with Crippen LogP contribution in [-0.2, 0) is 4.74 Å². The highest BCUT2D eigenvalue weighted by Gasteiger charge is 2.09. The van der Waals surface area contributed by atoms with Crippen molar-refractivity contribution in [3.63, 3.8) is 0 Å². The highest BCUT2D eigenvalue weighted by Crippen LogP contribution is 2.14. The standard InChI is InChI=1S/C12H18N2O3/c1-9-10(3-2-4-11(9)13)12(16)14-5-7-17-8-6-15/h2-4,15H,5-8,13H2,1H3,(H,14,16). The SMILES string of the molecule is Cc1c(N)cccc1C(=O)NCCOCCO. The average Bonchev–Trinajstić information content (AvgIpc) is 2.32. The topological polar surface area (TPSA) is 84.6 Å². The molecular weight excluding hydrogens is 220 g/mol. The molecule has 0 aliphatic carbocycles. The second kappa shape index (κ2) is 6.88. The van der Waals surface area contributed by atoms with Gasteiger partial charge in [0.25, 0.3) is 5.91 Å². The first-order chi connectivity index (χ1) is 8.16. The van der Waals surface area contributed by atoms with Crippen molar-refractivity contribution in [3.05, 3.63) is 29.3 Å². The van der Waals surface area contributed by atoms with Crippen molar-refractivity contribution in [1.82, 2.24) is 5.32 Å². The molecule has 1 aromatic carbocycles. The fourth-order valence-electron chi connectivity index (χ4n) is 1.40. The third-order valence-electron chi connectivity index (χ3n) is 2.39. The quantitative estimate of drug-likeness (QED) is 0.492. The molecule has 0 aromatic heterocycles. The maximum absolute atomic E-state index is 11.8. The van der Waals surface area contributed by atoms with Crippen molar-refractivity contribution < 1.29 is 14.6 Å². The summed E-state index contributed by atoms with van der Waals surface area (Å²) in [7, 11) is 0. The number of benzene rings is 1.